The average Bonchev–Trinajstić information content (AvgIpc) is 2.81. The lowest BCUT2D eigenvalue weighted by atomic mass is 10.2. The summed E-state index contributed by atoms with van der Waals surface area (Å²) in [7, 11) is 0. The first-order valence-corrected chi connectivity index (χ1v) is 7.09. The van der Waals surface area contributed by atoms with E-state index in [1.807, 2.05) is 38.1 Å². The fourth-order valence-electron chi connectivity index (χ4n) is 1.84. The number of hydrogen-bond donors (Lipinski definition) is 3. The Morgan fingerprint density at radius 2 is 2.10 bits per heavy atom. The molecule has 20 heavy (non-hydrogen) atoms. The van der Waals surface area contributed by atoms with Crippen molar-refractivity contribution >= 4 is 23.4 Å². The van der Waals surface area contributed by atoms with Gasteiger partial charge in [-0.1, -0.05) is 12.1 Å². The van der Waals surface area contributed by atoms with Crippen LogP contribution in [0.4, 0.5) is 5.69 Å². The van der Waals surface area contributed by atoms with E-state index in [2.05, 4.69) is 5.43 Å². The number of hydrogen-bond acceptors (Lipinski definition) is 5. The molecular weight excluding hydrogens is 274 g/mol. The molecule has 1 amide bonds. The van der Waals surface area contributed by atoms with E-state index in [4.69, 9.17) is 16.0 Å². The second kappa shape index (κ2) is 6.02. The molecule has 0 aliphatic heterocycles. The highest BCUT2D eigenvalue weighted by Gasteiger charge is 2.15. The van der Waals surface area contributed by atoms with Crippen LogP contribution in [0.2, 0.25) is 0 Å². The van der Waals surface area contributed by atoms with Gasteiger partial charge in [0.05, 0.1) is 5.75 Å². The Balaban J connectivity index is 2.12. The van der Waals surface area contributed by atoms with Crippen molar-refractivity contribution in [1.82, 2.24) is 5.43 Å². The minimum atomic E-state index is -0.422. The standard InChI is InChI=1S/C14H17N3O2S/c1-8-4-3-5-11(12(8)15)20-7-10-6-9(2)13(19-10)14(18)17-16/h3-6H,7,15-16H2,1-2H3,(H,17,18). The lowest BCUT2D eigenvalue weighted by Crippen LogP contribution is -2.30. The Labute approximate surface area is 121 Å². The summed E-state index contributed by atoms with van der Waals surface area (Å²) in [6.07, 6.45) is 0. The summed E-state index contributed by atoms with van der Waals surface area (Å²) in [5, 5.41) is 0. The number of furan rings is 1. The first-order chi connectivity index (χ1) is 9.52. The van der Waals surface area contributed by atoms with E-state index in [1.54, 1.807) is 11.8 Å². The van der Waals surface area contributed by atoms with Crippen LogP contribution >= 0.6 is 11.8 Å². The molecule has 0 spiro atoms. The van der Waals surface area contributed by atoms with Crippen molar-refractivity contribution in [3.05, 3.63) is 46.9 Å². The van der Waals surface area contributed by atoms with E-state index >= 15 is 0 Å². The number of nitrogens with two attached hydrogens (primary N) is 2. The predicted octanol–water partition coefficient (Wildman–Crippen LogP) is 2.37. The number of hydrazine groups is 1. The van der Waals surface area contributed by atoms with Gasteiger partial charge in [0.25, 0.3) is 0 Å². The van der Waals surface area contributed by atoms with Crippen molar-refractivity contribution in [1.29, 1.82) is 0 Å². The van der Waals surface area contributed by atoms with Crippen LogP contribution in [0.5, 0.6) is 0 Å². The molecule has 1 aromatic carbocycles. The molecule has 0 aliphatic rings. The highest BCUT2D eigenvalue weighted by Crippen LogP contribution is 2.31. The van der Waals surface area contributed by atoms with Gasteiger partial charge >= 0.3 is 5.91 Å². The molecule has 0 saturated heterocycles. The van der Waals surface area contributed by atoms with Gasteiger partial charge in [-0.3, -0.25) is 10.2 Å². The molecule has 106 valence electrons. The second-order valence-corrected chi connectivity index (χ2v) is 5.49. The maximum atomic E-state index is 11.5. The summed E-state index contributed by atoms with van der Waals surface area (Å²) in [6, 6.07) is 7.74. The van der Waals surface area contributed by atoms with Crippen molar-refractivity contribution in [3.63, 3.8) is 0 Å². The van der Waals surface area contributed by atoms with Gasteiger partial charge in [-0.25, -0.2) is 5.84 Å². The summed E-state index contributed by atoms with van der Waals surface area (Å²) in [5.41, 5.74) is 10.7. The second-order valence-electron chi connectivity index (χ2n) is 4.47. The number of benzene rings is 1. The van der Waals surface area contributed by atoms with E-state index in [0.29, 0.717) is 11.5 Å². The molecule has 5 nitrogen and oxygen atoms in total. The van der Waals surface area contributed by atoms with Crippen LogP contribution in [0.15, 0.2) is 33.6 Å². The molecule has 0 bridgehead atoms. The zero-order valence-electron chi connectivity index (χ0n) is 11.4. The van der Waals surface area contributed by atoms with Gasteiger partial charge in [-0.2, -0.15) is 0 Å². The van der Waals surface area contributed by atoms with Crippen LogP contribution in [-0.4, -0.2) is 5.91 Å². The number of nitrogens with one attached hydrogen (secondary N) is 1. The van der Waals surface area contributed by atoms with E-state index in [1.165, 1.54) is 0 Å². The molecule has 2 aromatic rings. The molecule has 0 atom stereocenters. The number of carbonyl (C=O) groups is 1. The third-order valence-corrected chi connectivity index (χ3v) is 4.06. The number of anilines is 1. The normalized spacial score (nSPS) is 10.6. The lowest BCUT2D eigenvalue weighted by Gasteiger charge is -2.06. The molecule has 2 rings (SSSR count). The van der Waals surface area contributed by atoms with E-state index in [9.17, 15) is 4.79 Å². The van der Waals surface area contributed by atoms with Gasteiger partial charge in [0.15, 0.2) is 5.76 Å². The molecule has 0 saturated carbocycles. The fraction of sp³-hybridized carbons (Fsp3) is 0.214. The molecule has 6 heteroatoms. The van der Waals surface area contributed by atoms with Crippen molar-refractivity contribution in [3.8, 4) is 0 Å². The number of amides is 1. The molecular formula is C14H17N3O2S. The van der Waals surface area contributed by atoms with Crippen LogP contribution in [0.25, 0.3) is 0 Å². The van der Waals surface area contributed by atoms with Crippen molar-refractivity contribution in [2.75, 3.05) is 5.73 Å². The molecule has 0 aliphatic carbocycles. The lowest BCUT2D eigenvalue weighted by molar-refractivity contribution is 0.0923. The molecule has 1 heterocycles. The highest BCUT2D eigenvalue weighted by atomic mass is 32.2. The smallest absolute Gasteiger partial charge is 0.301 e. The maximum Gasteiger partial charge on any atom is 0.301 e. The molecule has 0 unspecified atom stereocenters. The maximum absolute atomic E-state index is 11.5. The van der Waals surface area contributed by atoms with Crippen LogP contribution in [0, 0.1) is 13.8 Å². The van der Waals surface area contributed by atoms with E-state index in [-0.39, 0.29) is 5.76 Å². The van der Waals surface area contributed by atoms with Gasteiger partial charge in [-0.05, 0) is 31.5 Å². The number of carbonyl (C=O) groups excluding carboxylic acids is 1. The Bertz CT molecular complexity index is 637. The number of rotatable bonds is 4. The summed E-state index contributed by atoms with van der Waals surface area (Å²) in [4.78, 5) is 12.5. The Morgan fingerprint density at radius 3 is 2.80 bits per heavy atom. The van der Waals surface area contributed by atoms with Crippen LogP contribution < -0.4 is 17.0 Å². The van der Waals surface area contributed by atoms with Gasteiger partial charge in [0, 0.05) is 16.1 Å². The summed E-state index contributed by atoms with van der Waals surface area (Å²) in [6.45, 7) is 3.78. The topological polar surface area (TPSA) is 94.3 Å². The number of nitrogen functional groups attached to an aromatic ring is 2. The molecule has 0 radical (unpaired) electrons. The monoisotopic (exact) mass is 291 g/mol. The fourth-order valence-corrected chi connectivity index (χ4v) is 2.77. The SMILES string of the molecule is Cc1cc(CSc2cccc(C)c2N)oc1C(=O)NN. The van der Waals surface area contributed by atoms with Gasteiger partial charge in [0.2, 0.25) is 0 Å². The number of aryl methyl sites for hydroxylation is 2. The third kappa shape index (κ3) is 2.97. The average molecular weight is 291 g/mol. The molecule has 0 fully saturated rings. The zero-order chi connectivity index (χ0) is 14.7. The van der Waals surface area contributed by atoms with Gasteiger partial charge in [0.1, 0.15) is 5.76 Å². The number of thioether (sulfide) groups is 1. The summed E-state index contributed by atoms with van der Waals surface area (Å²) in [5.74, 6) is 6.25. The highest BCUT2D eigenvalue weighted by molar-refractivity contribution is 7.98. The summed E-state index contributed by atoms with van der Waals surface area (Å²) < 4.78 is 5.51. The van der Waals surface area contributed by atoms with Crippen molar-refractivity contribution in [2.24, 2.45) is 5.84 Å². The minimum Gasteiger partial charge on any atom is -0.455 e. The largest absolute Gasteiger partial charge is 0.455 e. The van der Waals surface area contributed by atoms with Crippen LogP contribution in [-0.2, 0) is 5.75 Å². The van der Waals surface area contributed by atoms with Gasteiger partial charge in [-0.15, -0.1) is 11.8 Å². The summed E-state index contributed by atoms with van der Waals surface area (Å²) >= 11 is 1.57. The van der Waals surface area contributed by atoms with Crippen molar-refractivity contribution < 1.29 is 9.21 Å². The van der Waals surface area contributed by atoms with E-state index in [0.717, 1.165) is 21.7 Å². The zero-order valence-corrected chi connectivity index (χ0v) is 12.2. The van der Waals surface area contributed by atoms with E-state index < -0.39 is 5.91 Å². The molecule has 1 aromatic heterocycles. The Morgan fingerprint density at radius 1 is 1.35 bits per heavy atom. The Hall–Kier alpha value is -1.92. The Kier molecular flexibility index (Phi) is 4.36. The van der Waals surface area contributed by atoms with Crippen molar-refractivity contribution in [2.45, 2.75) is 24.5 Å². The predicted molar refractivity (Wildman–Crippen MR) is 80.3 cm³/mol. The van der Waals surface area contributed by atoms with Crippen LogP contribution in [0.3, 0.4) is 0 Å². The molecule has 5 N–H and O–H groups in total. The quantitative estimate of drug-likeness (QED) is 0.264. The first kappa shape index (κ1) is 14.5. The van der Waals surface area contributed by atoms with Crippen LogP contribution in [0.1, 0.15) is 27.4 Å². The minimum absolute atomic E-state index is 0.250. The number of para-hydroxylation sites is 1. The van der Waals surface area contributed by atoms with Gasteiger partial charge < -0.3 is 10.2 Å². The third-order valence-electron chi connectivity index (χ3n) is 2.96. The first-order valence-electron chi connectivity index (χ1n) is 6.11.